The lowest BCUT2D eigenvalue weighted by Crippen LogP contribution is -2.47. The zero-order valence-corrected chi connectivity index (χ0v) is 19.2. The number of amides is 3. The van der Waals surface area contributed by atoms with Crippen molar-refractivity contribution in [3.05, 3.63) is 12.7 Å². The Morgan fingerprint density at radius 1 is 1.13 bits per heavy atom. The van der Waals surface area contributed by atoms with Gasteiger partial charge in [-0.1, -0.05) is 27.4 Å². The van der Waals surface area contributed by atoms with E-state index in [2.05, 4.69) is 17.2 Å². The predicted molar refractivity (Wildman–Crippen MR) is 118 cm³/mol. The zero-order chi connectivity index (χ0) is 23.6. The van der Waals surface area contributed by atoms with Gasteiger partial charge in [-0.2, -0.15) is 0 Å². The molecule has 0 spiro atoms. The van der Waals surface area contributed by atoms with Crippen LogP contribution in [0.2, 0.25) is 0 Å². The minimum atomic E-state index is -0.629. The van der Waals surface area contributed by atoms with E-state index < -0.39 is 18.0 Å². The fourth-order valence-electron chi connectivity index (χ4n) is 3.79. The van der Waals surface area contributed by atoms with Gasteiger partial charge in [0.25, 0.3) is 0 Å². The molecule has 8 nitrogen and oxygen atoms in total. The van der Waals surface area contributed by atoms with Crippen molar-refractivity contribution < 1.29 is 24.0 Å². The topological polar surface area (TPSA) is 113 Å². The van der Waals surface area contributed by atoms with Gasteiger partial charge in [0.2, 0.25) is 17.7 Å². The van der Waals surface area contributed by atoms with Crippen LogP contribution in [0.15, 0.2) is 12.7 Å². The first-order chi connectivity index (χ1) is 14.6. The Hall–Kier alpha value is -2.51. The molecule has 3 atom stereocenters. The Kier molecular flexibility index (Phi) is 11.1. The van der Waals surface area contributed by atoms with Crippen molar-refractivity contribution in [3.63, 3.8) is 0 Å². The Morgan fingerprint density at radius 2 is 1.81 bits per heavy atom. The highest BCUT2D eigenvalue weighted by atomic mass is 16.2. The third kappa shape index (κ3) is 8.63. The minimum absolute atomic E-state index is 0.00401. The van der Waals surface area contributed by atoms with E-state index in [4.69, 9.17) is 0 Å². The number of nitrogens with one attached hydrogen (secondary N) is 2. The summed E-state index contributed by atoms with van der Waals surface area (Å²) in [5.41, 5.74) is 0. The number of carbonyl (C=O) groups excluding carboxylic acids is 5. The van der Waals surface area contributed by atoms with E-state index in [9.17, 15) is 24.0 Å². The number of likely N-dealkylation sites (tertiary alicyclic amines) is 1. The summed E-state index contributed by atoms with van der Waals surface area (Å²) < 4.78 is 0. The number of rotatable bonds is 13. The van der Waals surface area contributed by atoms with Gasteiger partial charge in [0.1, 0.15) is 6.04 Å². The lowest BCUT2D eigenvalue weighted by atomic mass is 10.00. The van der Waals surface area contributed by atoms with Gasteiger partial charge in [0.05, 0.1) is 6.04 Å². The van der Waals surface area contributed by atoms with Gasteiger partial charge in [-0.05, 0) is 38.2 Å². The molecule has 1 rings (SSSR count). The number of hydrogen-bond acceptors (Lipinski definition) is 5. The molecule has 1 heterocycles. The second kappa shape index (κ2) is 13.0. The summed E-state index contributed by atoms with van der Waals surface area (Å²) in [4.78, 5) is 63.1. The molecule has 0 aromatic heterocycles. The first-order valence-corrected chi connectivity index (χ1v) is 11.2. The molecular formula is C23H37N3O5. The number of ketones is 2. The monoisotopic (exact) mass is 435 g/mol. The summed E-state index contributed by atoms with van der Waals surface area (Å²) in [5.74, 6) is -1.47. The molecule has 0 saturated carbocycles. The van der Waals surface area contributed by atoms with Crippen LogP contribution in [0.3, 0.4) is 0 Å². The van der Waals surface area contributed by atoms with Crippen LogP contribution < -0.4 is 10.6 Å². The smallest absolute Gasteiger partial charge is 0.242 e. The summed E-state index contributed by atoms with van der Waals surface area (Å²) in [6.45, 7) is 11.8. The molecule has 0 unspecified atom stereocenters. The predicted octanol–water partition coefficient (Wildman–Crippen LogP) is 1.78. The Morgan fingerprint density at radius 3 is 2.39 bits per heavy atom. The molecule has 1 saturated heterocycles. The molecule has 2 N–H and O–H groups in total. The fraction of sp³-hybridized carbons (Fsp3) is 0.696. The van der Waals surface area contributed by atoms with Crippen LogP contribution in [0.4, 0.5) is 0 Å². The van der Waals surface area contributed by atoms with E-state index in [0.717, 1.165) is 0 Å². The molecule has 1 aliphatic rings. The van der Waals surface area contributed by atoms with Gasteiger partial charge in [0, 0.05) is 38.3 Å². The SMILES string of the molecule is C=CC(=O)C[C@@H](C)C(=O)N1CCC[C@H]1C(=O)CCC(=O)N[C@@H](CC(C)C)C(=O)NCC. The van der Waals surface area contributed by atoms with Crippen molar-refractivity contribution >= 4 is 29.3 Å². The van der Waals surface area contributed by atoms with Crippen LogP contribution in [0, 0.1) is 11.8 Å². The molecule has 174 valence electrons. The number of nitrogens with zero attached hydrogens (tertiary/aromatic N) is 1. The molecule has 0 aliphatic carbocycles. The number of allylic oxidation sites excluding steroid dienone is 1. The van der Waals surface area contributed by atoms with Crippen LogP contribution in [-0.2, 0) is 24.0 Å². The van der Waals surface area contributed by atoms with Gasteiger partial charge in [-0.3, -0.25) is 24.0 Å². The van der Waals surface area contributed by atoms with Crippen LogP contribution >= 0.6 is 0 Å². The molecule has 1 aliphatic heterocycles. The summed E-state index contributed by atoms with van der Waals surface area (Å²) >= 11 is 0. The van der Waals surface area contributed by atoms with Crippen LogP contribution in [-0.4, -0.2) is 59.4 Å². The molecule has 0 bridgehead atoms. The normalized spacial score (nSPS) is 17.7. The number of carbonyl (C=O) groups is 5. The van der Waals surface area contributed by atoms with Crippen LogP contribution in [0.1, 0.15) is 66.2 Å². The highest BCUT2D eigenvalue weighted by Gasteiger charge is 2.36. The van der Waals surface area contributed by atoms with E-state index in [1.54, 1.807) is 6.92 Å². The quantitative estimate of drug-likeness (QED) is 0.428. The lowest BCUT2D eigenvalue weighted by Gasteiger charge is -2.26. The molecule has 0 aromatic rings. The maximum atomic E-state index is 12.7. The average Bonchev–Trinajstić information content (AvgIpc) is 3.20. The number of Topliss-reactive ketones (excluding diaryl/α,β-unsaturated/α-hetero) is 1. The van der Waals surface area contributed by atoms with Gasteiger partial charge in [0.15, 0.2) is 11.6 Å². The number of likely N-dealkylation sites (N-methyl/N-ethyl adjacent to an activating group) is 1. The minimum Gasteiger partial charge on any atom is -0.355 e. The molecule has 0 aromatic carbocycles. The van der Waals surface area contributed by atoms with E-state index in [1.807, 2.05) is 20.8 Å². The van der Waals surface area contributed by atoms with Gasteiger partial charge in [-0.15, -0.1) is 0 Å². The van der Waals surface area contributed by atoms with E-state index in [-0.39, 0.29) is 54.5 Å². The summed E-state index contributed by atoms with van der Waals surface area (Å²) in [6, 6.07) is -1.19. The largest absolute Gasteiger partial charge is 0.355 e. The Labute approximate surface area is 185 Å². The van der Waals surface area contributed by atoms with Crippen molar-refractivity contribution in [1.82, 2.24) is 15.5 Å². The van der Waals surface area contributed by atoms with Crippen LogP contribution in [0.25, 0.3) is 0 Å². The number of hydrogen-bond donors (Lipinski definition) is 2. The average molecular weight is 436 g/mol. The highest BCUT2D eigenvalue weighted by molar-refractivity contribution is 5.96. The van der Waals surface area contributed by atoms with Gasteiger partial charge >= 0.3 is 0 Å². The molecule has 31 heavy (non-hydrogen) atoms. The fourth-order valence-corrected chi connectivity index (χ4v) is 3.79. The first kappa shape index (κ1) is 26.5. The van der Waals surface area contributed by atoms with Crippen molar-refractivity contribution in [1.29, 1.82) is 0 Å². The molecular weight excluding hydrogens is 398 g/mol. The molecule has 0 radical (unpaired) electrons. The molecule has 3 amide bonds. The summed E-state index contributed by atoms with van der Waals surface area (Å²) in [5, 5.41) is 5.45. The molecule has 1 fully saturated rings. The highest BCUT2D eigenvalue weighted by Crippen LogP contribution is 2.23. The van der Waals surface area contributed by atoms with Gasteiger partial charge < -0.3 is 15.5 Å². The second-order valence-electron chi connectivity index (χ2n) is 8.58. The van der Waals surface area contributed by atoms with Crippen molar-refractivity contribution in [2.45, 2.75) is 78.3 Å². The zero-order valence-electron chi connectivity index (χ0n) is 19.2. The Bertz CT molecular complexity index is 689. The third-order valence-electron chi connectivity index (χ3n) is 5.37. The maximum Gasteiger partial charge on any atom is 0.242 e. The van der Waals surface area contributed by atoms with E-state index in [1.165, 1.54) is 11.0 Å². The maximum absolute atomic E-state index is 12.7. The van der Waals surface area contributed by atoms with Crippen molar-refractivity contribution in [2.24, 2.45) is 11.8 Å². The summed E-state index contributed by atoms with van der Waals surface area (Å²) in [6.07, 6.45) is 3.02. The first-order valence-electron chi connectivity index (χ1n) is 11.2. The van der Waals surface area contributed by atoms with E-state index in [0.29, 0.717) is 32.4 Å². The van der Waals surface area contributed by atoms with Crippen molar-refractivity contribution in [3.8, 4) is 0 Å². The summed E-state index contributed by atoms with van der Waals surface area (Å²) in [7, 11) is 0. The van der Waals surface area contributed by atoms with E-state index >= 15 is 0 Å². The van der Waals surface area contributed by atoms with Crippen molar-refractivity contribution in [2.75, 3.05) is 13.1 Å². The lowest BCUT2D eigenvalue weighted by molar-refractivity contribution is -0.141. The Balaban J connectivity index is 2.63. The van der Waals surface area contributed by atoms with Crippen LogP contribution in [0.5, 0.6) is 0 Å². The standard InChI is InChI=1S/C23H37N3O5/c1-6-17(27)14-16(5)23(31)26-12-8-9-19(26)20(28)10-11-21(29)25-18(13-15(3)4)22(30)24-7-2/h6,15-16,18-19H,1,7-14H2,2-5H3,(H,24,30)(H,25,29)/t16-,18+,19+/m1/s1. The second-order valence-corrected chi connectivity index (χ2v) is 8.58. The molecule has 8 heteroatoms. The third-order valence-corrected chi connectivity index (χ3v) is 5.37. The van der Waals surface area contributed by atoms with Gasteiger partial charge in [-0.25, -0.2) is 0 Å².